The van der Waals surface area contributed by atoms with Crippen LogP contribution in [0, 0.1) is 6.92 Å². The van der Waals surface area contributed by atoms with Gasteiger partial charge in [-0.2, -0.15) is 5.10 Å². The molecule has 1 amide bonds. The highest BCUT2D eigenvalue weighted by atomic mass is 32.2. The van der Waals surface area contributed by atoms with Crippen LogP contribution in [0.5, 0.6) is 0 Å². The van der Waals surface area contributed by atoms with Gasteiger partial charge in [-0.05, 0) is 39.0 Å². The molecule has 2 heterocycles. The Morgan fingerprint density at radius 3 is 2.58 bits per heavy atom. The molecular formula is C18H20N4O3S. The van der Waals surface area contributed by atoms with Gasteiger partial charge in [-0.3, -0.25) is 4.79 Å². The summed E-state index contributed by atoms with van der Waals surface area (Å²) in [5.41, 5.74) is 1.96. The van der Waals surface area contributed by atoms with Crippen molar-refractivity contribution in [2.24, 2.45) is 0 Å². The van der Waals surface area contributed by atoms with E-state index in [0.717, 1.165) is 6.26 Å². The van der Waals surface area contributed by atoms with E-state index in [1.165, 1.54) is 6.07 Å². The number of aryl methyl sites for hydroxylation is 1. The molecular weight excluding hydrogens is 352 g/mol. The summed E-state index contributed by atoms with van der Waals surface area (Å²) in [4.78, 5) is 17.4. The minimum atomic E-state index is -3.46. The lowest BCUT2D eigenvalue weighted by Crippen LogP contribution is -2.15. The van der Waals surface area contributed by atoms with Crippen LogP contribution in [0.15, 0.2) is 41.4 Å². The third-order valence-corrected chi connectivity index (χ3v) is 5.12. The number of fused-ring (bicyclic) bond motifs is 1. The van der Waals surface area contributed by atoms with E-state index in [2.05, 4.69) is 15.4 Å². The molecule has 26 heavy (non-hydrogen) atoms. The largest absolute Gasteiger partial charge is 0.321 e. The van der Waals surface area contributed by atoms with E-state index in [9.17, 15) is 13.2 Å². The van der Waals surface area contributed by atoms with Gasteiger partial charge in [0, 0.05) is 18.0 Å². The van der Waals surface area contributed by atoms with Crippen molar-refractivity contribution in [1.82, 2.24) is 14.8 Å². The highest BCUT2D eigenvalue weighted by Crippen LogP contribution is 2.24. The monoisotopic (exact) mass is 372 g/mol. The molecule has 3 rings (SSSR count). The third kappa shape index (κ3) is 3.32. The van der Waals surface area contributed by atoms with Crippen LogP contribution in [-0.4, -0.2) is 35.3 Å². The van der Waals surface area contributed by atoms with E-state index in [1.807, 2.05) is 13.8 Å². The summed E-state index contributed by atoms with van der Waals surface area (Å²) < 4.78 is 25.6. The number of amides is 1. The van der Waals surface area contributed by atoms with Crippen molar-refractivity contribution >= 4 is 32.5 Å². The molecule has 0 aliphatic heterocycles. The Balaban J connectivity index is 2.08. The highest BCUT2D eigenvalue weighted by Gasteiger charge is 2.19. The predicted molar refractivity (Wildman–Crippen MR) is 100 cm³/mol. The highest BCUT2D eigenvalue weighted by molar-refractivity contribution is 7.90. The fourth-order valence-corrected chi connectivity index (χ4v) is 3.64. The van der Waals surface area contributed by atoms with Crippen molar-refractivity contribution in [3.05, 3.63) is 47.8 Å². The zero-order valence-corrected chi connectivity index (χ0v) is 15.8. The van der Waals surface area contributed by atoms with Gasteiger partial charge in [-0.15, -0.1) is 0 Å². The number of hydrogen-bond acceptors (Lipinski definition) is 5. The van der Waals surface area contributed by atoms with Gasteiger partial charge in [0.05, 0.1) is 27.7 Å². The molecule has 1 aromatic carbocycles. The summed E-state index contributed by atoms with van der Waals surface area (Å²) in [6, 6.07) is 8.10. The number of benzene rings is 1. The van der Waals surface area contributed by atoms with Gasteiger partial charge in [-0.1, -0.05) is 12.1 Å². The minimum Gasteiger partial charge on any atom is -0.321 e. The molecule has 0 aliphatic rings. The SMILES string of the molecule is Cc1cc(C(=O)Nc2ccccc2S(C)(=O)=O)c2cnn(C(C)C)c2n1. The number of para-hydroxylation sites is 1. The van der Waals surface area contributed by atoms with Crippen LogP contribution < -0.4 is 5.32 Å². The van der Waals surface area contributed by atoms with E-state index < -0.39 is 15.7 Å². The van der Waals surface area contributed by atoms with Crippen LogP contribution in [0.2, 0.25) is 0 Å². The van der Waals surface area contributed by atoms with Gasteiger partial charge < -0.3 is 5.32 Å². The van der Waals surface area contributed by atoms with Gasteiger partial charge in [0.15, 0.2) is 15.5 Å². The van der Waals surface area contributed by atoms with E-state index in [4.69, 9.17) is 0 Å². The number of rotatable bonds is 4. The smallest absolute Gasteiger partial charge is 0.256 e. The summed E-state index contributed by atoms with van der Waals surface area (Å²) in [6.07, 6.45) is 2.72. The maximum absolute atomic E-state index is 12.9. The lowest BCUT2D eigenvalue weighted by Gasteiger charge is -2.11. The molecule has 8 heteroatoms. The topological polar surface area (TPSA) is 94.0 Å². The summed E-state index contributed by atoms with van der Waals surface area (Å²) in [6.45, 7) is 5.77. The van der Waals surface area contributed by atoms with Gasteiger partial charge in [0.1, 0.15) is 0 Å². The molecule has 136 valence electrons. The summed E-state index contributed by atoms with van der Waals surface area (Å²) >= 11 is 0. The number of pyridine rings is 1. The second-order valence-corrected chi connectivity index (χ2v) is 8.44. The van der Waals surface area contributed by atoms with Crippen molar-refractivity contribution in [3.8, 4) is 0 Å². The molecule has 0 atom stereocenters. The molecule has 0 fully saturated rings. The summed E-state index contributed by atoms with van der Waals surface area (Å²) in [7, 11) is -3.46. The zero-order chi connectivity index (χ0) is 19.1. The molecule has 0 saturated heterocycles. The standard InChI is InChI=1S/C18H20N4O3S/c1-11(2)22-17-14(10-19-22)13(9-12(3)20-17)18(23)21-15-7-5-6-8-16(15)26(4,24)25/h5-11H,1-4H3,(H,21,23). The van der Waals surface area contributed by atoms with E-state index in [1.54, 1.807) is 42.1 Å². The number of nitrogens with one attached hydrogen (secondary N) is 1. The molecule has 0 unspecified atom stereocenters. The van der Waals surface area contributed by atoms with Gasteiger partial charge >= 0.3 is 0 Å². The van der Waals surface area contributed by atoms with Crippen LogP contribution >= 0.6 is 0 Å². The first-order valence-electron chi connectivity index (χ1n) is 8.14. The molecule has 0 saturated carbocycles. The average molecular weight is 372 g/mol. The Kier molecular flexibility index (Phi) is 4.53. The molecule has 0 aliphatic carbocycles. The average Bonchev–Trinajstić information content (AvgIpc) is 2.97. The van der Waals surface area contributed by atoms with Crippen LogP contribution in [0.3, 0.4) is 0 Å². The fourth-order valence-electron chi connectivity index (χ4n) is 2.79. The molecule has 0 radical (unpaired) electrons. The fraction of sp³-hybridized carbons (Fsp3) is 0.278. The second kappa shape index (κ2) is 6.53. The predicted octanol–water partition coefficient (Wildman–Crippen LogP) is 2.98. The van der Waals surface area contributed by atoms with Crippen molar-refractivity contribution in [3.63, 3.8) is 0 Å². The summed E-state index contributed by atoms with van der Waals surface area (Å²) in [5, 5.41) is 7.65. The Hall–Kier alpha value is -2.74. The van der Waals surface area contributed by atoms with Crippen LogP contribution in [0.1, 0.15) is 35.9 Å². The van der Waals surface area contributed by atoms with E-state index >= 15 is 0 Å². The zero-order valence-electron chi connectivity index (χ0n) is 15.0. The molecule has 1 N–H and O–H groups in total. The van der Waals surface area contributed by atoms with E-state index in [-0.39, 0.29) is 16.6 Å². The van der Waals surface area contributed by atoms with Gasteiger partial charge in [0.2, 0.25) is 0 Å². The van der Waals surface area contributed by atoms with E-state index in [0.29, 0.717) is 22.3 Å². The first-order valence-corrected chi connectivity index (χ1v) is 10.0. The van der Waals surface area contributed by atoms with Crippen molar-refractivity contribution < 1.29 is 13.2 Å². The van der Waals surface area contributed by atoms with Crippen LogP contribution in [0.25, 0.3) is 11.0 Å². The Morgan fingerprint density at radius 2 is 1.92 bits per heavy atom. The van der Waals surface area contributed by atoms with Crippen LogP contribution in [0.4, 0.5) is 5.69 Å². The third-order valence-electron chi connectivity index (χ3n) is 3.96. The number of anilines is 1. The first kappa shape index (κ1) is 18.1. The normalized spacial score (nSPS) is 11.9. The van der Waals surface area contributed by atoms with Crippen molar-refractivity contribution in [2.75, 3.05) is 11.6 Å². The minimum absolute atomic E-state index is 0.0771. The van der Waals surface area contributed by atoms with Gasteiger partial charge in [0.25, 0.3) is 5.91 Å². The summed E-state index contributed by atoms with van der Waals surface area (Å²) in [5.74, 6) is -0.403. The lowest BCUT2D eigenvalue weighted by atomic mass is 10.1. The second-order valence-electron chi connectivity index (χ2n) is 6.45. The first-order chi connectivity index (χ1) is 12.2. The quantitative estimate of drug-likeness (QED) is 0.760. The molecule has 2 aromatic heterocycles. The van der Waals surface area contributed by atoms with Gasteiger partial charge in [-0.25, -0.2) is 18.1 Å². The number of carbonyl (C=O) groups excluding carboxylic acids is 1. The maximum Gasteiger partial charge on any atom is 0.256 e. The van der Waals surface area contributed by atoms with Crippen molar-refractivity contribution in [2.45, 2.75) is 31.7 Å². The molecule has 3 aromatic rings. The number of aromatic nitrogens is 3. The molecule has 0 bridgehead atoms. The Bertz CT molecular complexity index is 1100. The Morgan fingerprint density at radius 1 is 1.23 bits per heavy atom. The number of sulfone groups is 1. The number of nitrogens with zero attached hydrogens (tertiary/aromatic N) is 3. The number of carbonyl (C=O) groups is 1. The molecule has 7 nitrogen and oxygen atoms in total. The van der Waals surface area contributed by atoms with Crippen LogP contribution in [-0.2, 0) is 9.84 Å². The number of hydrogen-bond donors (Lipinski definition) is 1. The van der Waals surface area contributed by atoms with Crippen molar-refractivity contribution in [1.29, 1.82) is 0 Å². The lowest BCUT2D eigenvalue weighted by molar-refractivity contribution is 0.102. The molecule has 0 spiro atoms. The Labute approximate surface area is 152 Å². The maximum atomic E-state index is 12.9.